The van der Waals surface area contributed by atoms with Crippen LogP contribution in [0.15, 0.2) is 84.9 Å². The van der Waals surface area contributed by atoms with Gasteiger partial charge in [-0.25, -0.2) is 0 Å². The molecule has 3 rings (SSSR count). The second-order valence-electron chi connectivity index (χ2n) is 6.90. The second kappa shape index (κ2) is 10.8. The summed E-state index contributed by atoms with van der Waals surface area (Å²) in [6, 6.07) is 26.4. The lowest BCUT2D eigenvalue weighted by Crippen LogP contribution is -2.42. The summed E-state index contributed by atoms with van der Waals surface area (Å²) in [4.78, 5) is 25.3. The Morgan fingerprint density at radius 2 is 1.30 bits per heavy atom. The number of carbonyl (C=O) groups excluding carboxylic acids is 2. The average Bonchev–Trinajstić information content (AvgIpc) is 2.75. The van der Waals surface area contributed by atoms with Crippen molar-refractivity contribution in [2.75, 3.05) is 6.61 Å². The Kier molecular flexibility index (Phi) is 7.61. The van der Waals surface area contributed by atoms with Crippen molar-refractivity contribution in [1.29, 1.82) is 0 Å². The zero-order chi connectivity index (χ0) is 21.2. The lowest BCUT2D eigenvalue weighted by molar-refractivity contribution is -0.123. The fourth-order valence-electron chi connectivity index (χ4n) is 3.14. The van der Waals surface area contributed by atoms with Crippen LogP contribution in [0.25, 0.3) is 0 Å². The van der Waals surface area contributed by atoms with E-state index < -0.39 is 6.17 Å². The van der Waals surface area contributed by atoms with Gasteiger partial charge in [-0.1, -0.05) is 72.8 Å². The zero-order valence-electron chi connectivity index (χ0n) is 17.0. The zero-order valence-corrected chi connectivity index (χ0v) is 17.0. The highest BCUT2D eigenvalue weighted by Crippen LogP contribution is 2.19. The van der Waals surface area contributed by atoms with E-state index in [9.17, 15) is 9.59 Å². The van der Waals surface area contributed by atoms with E-state index in [-0.39, 0.29) is 24.7 Å². The normalized spacial score (nSPS) is 10.5. The molecule has 5 nitrogen and oxygen atoms in total. The molecule has 5 heteroatoms. The Hall–Kier alpha value is -3.60. The molecule has 0 aliphatic heterocycles. The summed E-state index contributed by atoms with van der Waals surface area (Å²) in [5.74, 6) is 0.343. The number of amides is 2. The molecule has 2 amide bonds. The van der Waals surface area contributed by atoms with Gasteiger partial charge in [0.2, 0.25) is 11.8 Å². The number of hydrogen-bond donors (Lipinski definition) is 2. The Morgan fingerprint density at radius 1 is 0.767 bits per heavy atom. The third-order valence-corrected chi connectivity index (χ3v) is 4.53. The van der Waals surface area contributed by atoms with Gasteiger partial charge < -0.3 is 15.4 Å². The maximum atomic E-state index is 12.7. The van der Waals surface area contributed by atoms with Crippen molar-refractivity contribution in [2.45, 2.75) is 25.9 Å². The number of ether oxygens (including phenoxy) is 1. The Labute approximate surface area is 177 Å². The summed E-state index contributed by atoms with van der Waals surface area (Å²) in [7, 11) is 0. The summed E-state index contributed by atoms with van der Waals surface area (Å²) in [5, 5.41) is 5.88. The van der Waals surface area contributed by atoms with Gasteiger partial charge in [-0.05, 0) is 35.7 Å². The first-order valence-corrected chi connectivity index (χ1v) is 10.0. The predicted octanol–water partition coefficient (Wildman–Crippen LogP) is 3.80. The Bertz CT molecular complexity index is 903. The molecule has 0 aromatic heterocycles. The number of rotatable bonds is 9. The summed E-state index contributed by atoms with van der Waals surface area (Å²) in [6.07, 6.45) is -0.188. The molecule has 30 heavy (non-hydrogen) atoms. The van der Waals surface area contributed by atoms with E-state index in [0.29, 0.717) is 12.4 Å². The summed E-state index contributed by atoms with van der Waals surface area (Å²) < 4.78 is 5.57. The van der Waals surface area contributed by atoms with Gasteiger partial charge in [0.05, 0.1) is 19.4 Å². The van der Waals surface area contributed by atoms with E-state index in [4.69, 9.17) is 4.74 Å². The lowest BCUT2D eigenvalue weighted by atomic mass is 10.1. The molecule has 154 valence electrons. The summed E-state index contributed by atoms with van der Waals surface area (Å²) in [5.41, 5.74) is 2.57. The fraction of sp³-hybridized carbons (Fsp3) is 0.200. The standard InChI is InChI=1S/C25H26N2O3/c1-2-30-22-15-9-14-21(18-22)25(26-23(28)16-19-10-5-3-6-11-19)27-24(29)17-20-12-7-4-8-13-20/h3-15,18,25H,2,16-17H2,1H3,(H,26,28)(H,27,29). The maximum absolute atomic E-state index is 12.7. The number of hydrogen-bond acceptors (Lipinski definition) is 3. The van der Waals surface area contributed by atoms with Crippen molar-refractivity contribution < 1.29 is 14.3 Å². The van der Waals surface area contributed by atoms with E-state index >= 15 is 0 Å². The first kappa shape index (κ1) is 21.1. The largest absolute Gasteiger partial charge is 0.494 e. The maximum Gasteiger partial charge on any atom is 0.226 e. The molecule has 0 unspecified atom stereocenters. The second-order valence-corrected chi connectivity index (χ2v) is 6.90. The third-order valence-electron chi connectivity index (χ3n) is 4.53. The van der Waals surface area contributed by atoms with Crippen molar-refractivity contribution >= 4 is 11.8 Å². The highest BCUT2D eigenvalue weighted by Gasteiger charge is 2.18. The van der Waals surface area contributed by atoms with Crippen LogP contribution in [0, 0.1) is 0 Å². The molecule has 0 spiro atoms. The van der Waals surface area contributed by atoms with Crippen LogP contribution in [-0.4, -0.2) is 18.4 Å². The first-order chi connectivity index (χ1) is 14.6. The molecule has 0 bridgehead atoms. The van der Waals surface area contributed by atoms with Gasteiger partial charge in [-0.15, -0.1) is 0 Å². The molecular weight excluding hydrogens is 376 g/mol. The molecular formula is C25H26N2O3. The van der Waals surface area contributed by atoms with E-state index in [0.717, 1.165) is 16.7 Å². The molecule has 0 fully saturated rings. The van der Waals surface area contributed by atoms with Crippen molar-refractivity contribution in [2.24, 2.45) is 0 Å². The van der Waals surface area contributed by atoms with Gasteiger partial charge in [0.15, 0.2) is 0 Å². The Morgan fingerprint density at radius 3 is 1.80 bits per heavy atom. The van der Waals surface area contributed by atoms with Crippen LogP contribution in [0.1, 0.15) is 29.8 Å². The van der Waals surface area contributed by atoms with Crippen LogP contribution < -0.4 is 15.4 Å². The van der Waals surface area contributed by atoms with Gasteiger partial charge in [0.1, 0.15) is 11.9 Å². The molecule has 0 saturated carbocycles. The molecule has 3 aromatic rings. The van der Waals surface area contributed by atoms with Crippen molar-refractivity contribution in [3.63, 3.8) is 0 Å². The SMILES string of the molecule is CCOc1cccc(C(NC(=O)Cc2ccccc2)NC(=O)Cc2ccccc2)c1. The number of nitrogens with one attached hydrogen (secondary N) is 2. The molecule has 0 aliphatic rings. The van der Waals surface area contributed by atoms with E-state index in [1.165, 1.54) is 0 Å². The van der Waals surface area contributed by atoms with Crippen LogP contribution in [0.5, 0.6) is 5.75 Å². The summed E-state index contributed by atoms with van der Waals surface area (Å²) >= 11 is 0. The van der Waals surface area contributed by atoms with E-state index in [2.05, 4.69) is 10.6 Å². The number of benzene rings is 3. The van der Waals surface area contributed by atoms with Gasteiger partial charge in [0.25, 0.3) is 0 Å². The van der Waals surface area contributed by atoms with Crippen LogP contribution in [0.4, 0.5) is 0 Å². The van der Waals surface area contributed by atoms with Gasteiger partial charge >= 0.3 is 0 Å². The minimum Gasteiger partial charge on any atom is -0.494 e. The number of carbonyl (C=O) groups is 2. The predicted molar refractivity (Wildman–Crippen MR) is 117 cm³/mol. The molecule has 0 aliphatic carbocycles. The van der Waals surface area contributed by atoms with Crippen LogP contribution in [-0.2, 0) is 22.4 Å². The van der Waals surface area contributed by atoms with Crippen molar-refractivity contribution in [3.05, 3.63) is 102 Å². The van der Waals surface area contributed by atoms with E-state index in [1.807, 2.05) is 91.9 Å². The molecule has 2 N–H and O–H groups in total. The first-order valence-electron chi connectivity index (χ1n) is 10.0. The molecule has 0 radical (unpaired) electrons. The highest BCUT2D eigenvalue weighted by atomic mass is 16.5. The molecule has 3 aromatic carbocycles. The van der Waals surface area contributed by atoms with E-state index in [1.54, 1.807) is 0 Å². The quantitative estimate of drug-likeness (QED) is 0.535. The topological polar surface area (TPSA) is 67.4 Å². The molecule has 0 atom stereocenters. The van der Waals surface area contributed by atoms with Gasteiger partial charge in [-0.2, -0.15) is 0 Å². The summed E-state index contributed by atoms with van der Waals surface area (Å²) in [6.45, 7) is 2.45. The lowest BCUT2D eigenvalue weighted by Gasteiger charge is -2.21. The minimum atomic E-state index is -0.655. The third kappa shape index (κ3) is 6.48. The smallest absolute Gasteiger partial charge is 0.226 e. The van der Waals surface area contributed by atoms with Gasteiger partial charge in [0, 0.05) is 0 Å². The van der Waals surface area contributed by atoms with Crippen LogP contribution in [0.3, 0.4) is 0 Å². The van der Waals surface area contributed by atoms with Crippen LogP contribution in [0.2, 0.25) is 0 Å². The van der Waals surface area contributed by atoms with Gasteiger partial charge in [-0.3, -0.25) is 9.59 Å². The fourth-order valence-corrected chi connectivity index (χ4v) is 3.14. The monoisotopic (exact) mass is 402 g/mol. The minimum absolute atomic E-state index is 0.173. The van der Waals surface area contributed by atoms with Crippen molar-refractivity contribution in [1.82, 2.24) is 10.6 Å². The molecule has 0 heterocycles. The van der Waals surface area contributed by atoms with Crippen LogP contribution >= 0.6 is 0 Å². The Balaban J connectivity index is 1.74. The van der Waals surface area contributed by atoms with Crippen molar-refractivity contribution in [3.8, 4) is 5.75 Å². The molecule has 0 saturated heterocycles. The average molecular weight is 402 g/mol. The highest BCUT2D eigenvalue weighted by molar-refractivity contribution is 5.82.